The Morgan fingerprint density at radius 2 is 1.35 bits per heavy atom. The first-order valence-corrected chi connectivity index (χ1v) is 7.76. The van der Waals surface area contributed by atoms with Gasteiger partial charge in [-0.1, -0.05) is 0 Å². The van der Waals surface area contributed by atoms with Gasteiger partial charge in [-0.15, -0.1) is 0 Å². The van der Waals surface area contributed by atoms with E-state index in [-0.39, 0.29) is 11.3 Å². The zero-order chi connectivity index (χ0) is 17.6. The van der Waals surface area contributed by atoms with Gasteiger partial charge in [0.2, 0.25) is 0 Å². The van der Waals surface area contributed by atoms with Crippen molar-refractivity contribution in [3.05, 3.63) is 62.0 Å². The molecule has 0 saturated heterocycles. The van der Waals surface area contributed by atoms with Gasteiger partial charge in [0.25, 0.3) is 0 Å². The van der Waals surface area contributed by atoms with Crippen LogP contribution in [0.3, 0.4) is 0 Å². The van der Waals surface area contributed by atoms with Gasteiger partial charge in [-0.25, -0.2) is 4.39 Å². The summed E-state index contributed by atoms with van der Waals surface area (Å²) in [5.41, 5.74) is 13.1. The molecule has 2 nitrogen and oxygen atoms in total. The maximum Gasteiger partial charge on any atom is 0.198 e. The van der Waals surface area contributed by atoms with E-state index >= 15 is 0 Å². The van der Waals surface area contributed by atoms with Crippen molar-refractivity contribution in [1.82, 2.24) is 0 Å². The molecule has 0 atom stereocenters. The van der Waals surface area contributed by atoms with Gasteiger partial charge >= 0.3 is 0 Å². The van der Waals surface area contributed by atoms with E-state index in [0.29, 0.717) is 22.4 Å². The second-order valence-corrected chi connectivity index (χ2v) is 6.42. The van der Waals surface area contributed by atoms with Gasteiger partial charge in [-0.05, 0) is 93.5 Å². The lowest BCUT2D eigenvalue weighted by Crippen LogP contribution is -2.14. The molecule has 2 N–H and O–H groups in total. The van der Waals surface area contributed by atoms with Gasteiger partial charge in [0.05, 0.1) is 5.56 Å². The number of rotatable bonds is 2. The molecule has 2 aromatic rings. The third-order valence-corrected chi connectivity index (χ3v) is 5.29. The second-order valence-electron chi connectivity index (χ2n) is 6.42. The molecule has 2 rings (SSSR count). The zero-order valence-electron chi connectivity index (χ0n) is 14.9. The molecule has 0 heterocycles. The fraction of sp³-hybridized carbons (Fsp3) is 0.350. The zero-order valence-corrected chi connectivity index (χ0v) is 14.9. The highest BCUT2D eigenvalue weighted by atomic mass is 19.1. The predicted molar refractivity (Wildman–Crippen MR) is 93.8 cm³/mol. The Bertz CT molecular complexity index is 806. The van der Waals surface area contributed by atoms with Crippen molar-refractivity contribution in [2.75, 3.05) is 5.73 Å². The quantitative estimate of drug-likeness (QED) is 0.639. The Labute approximate surface area is 137 Å². The number of nitrogen functional groups attached to an aromatic ring is 1. The number of anilines is 1. The van der Waals surface area contributed by atoms with Crippen LogP contribution >= 0.6 is 0 Å². The molecule has 0 saturated carbocycles. The number of hydrogen-bond donors (Lipinski definition) is 1. The molecule has 3 heteroatoms. The monoisotopic (exact) mass is 313 g/mol. The third-order valence-electron chi connectivity index (χ3n) is 5.29. The molecule has 0 unspecified atom stereocenters. The van der Waals surface area contributed by atoms with Crippen molar-refractivity contribution in [2.45, 2.75) is 48.5 Å². The summed E-state index contributed by atoms with van der Waals surface area (Å²) in [6.45, 7) is 13.1. The lowest BCUT2D eigenvalue weighted by atomic mass is 9.87. The van der Waals surface area contributed by atoms with Crippen LogP contribution < -0.4 is 5.73 Å². The minimum atomic E-state index is -0.439. The molecule has 23 heavy (non-hydrogen) atoms. The molecular formula is C20H24FNO. The normalized spacial score (nSPS) is 11.0. The molecule has 2 aromatic carbocycles. The average Bonchev–Trinajstić information content (AvgIpc) is 2.52. The van der Waals surface area contributed by atoms with Crippen molar-refractivity contribution >= 4 is 11.5 Å². The van der Waals surface area contributed by atoms with Crippen LogP contribution in [0.5, 0.6) is 0 Å². The Kier molecular flexibility index (Phi) is 4.34. The smallest absolute Gasteiger partial charge is 0.198 e. The van der Waals surface area contributed by atoms with Crippen LogP contribution in [0.2, 0.25) is 0 Å². The van der Waals surface area contributed by atoms with Crippen LogP contribution in [0, 0.1) is 54.3 Å². The maximum atomic E-state index is 14.8. The number of hydrogen-bond acceptors (Lipinski definition) is 2. The molecule has 0 aromatic heterocycles. The predicted octanol–water partition coefficient (Wildman–Crippen LogP) is 4.80. The summed E-state index contributed by atoms with van der Waals surface area (Å²) in [6.07, 6.45) is 0. The van der Waals surface area contributed by atoms with Crippen LogP contribution in [0.15, 0.2) is 6.07 Å². The Morgan fingerprint density at radius 3 is 1.91 bits per heavy atom. The third kappa shape index (κ3) is 2.54. The van der Waals surface area contributed by atoms with Gasteiger partial charge in [-0.2, -0.15) is 0 Å². The fourth-order valence-corrected chi connectivity index (χ4v) is 2.96. The molecule has 0 radical (unpaired) electrons. The topological polar surface area (TPSA) is 43.1 Å². The maximum absolute atomic E-state index is 14.8. The van der Waals surface area contributed by atoms with E-state index in [1.165, 1.54) is 0 Å². The van der Waals surface area contributed by atoms with Crippen LogP contribution in [0.4, 0.5) is 10.1 Å². The number of nitrogens with two attached hydrogens (primary N) is 1. The molecule has 122 valence electrons. The highest BCUT2D eigenvalue weighted by Gasteiger charge is 2.24. The van der Waals surface area contributed by atoms with E-state index in [0.717, 1.165) is 27.8 Å². The summed E-state index contributed by atoms with van der Waals surface area (Å²) >= 11 is 0. The number of aryl methyl sites for hydroxylation is 1. The first-order valence-electron chi connectivity index (χ1n) is 7.76. The highest BCUT2D eigenvalue weighted by Crippen LogP contribution is 2.31. The molecule has 0 spiro atoms. The second kappa shape index (κ2) is 5.80. The summed E-state index contributed by atoms with van der Waals surface area (Å²) in [4.78, 5) is 13.0. The molecular weight excluding hydrogens is 289 g/mol. The van der Waals surface area contributed by atoms with Gasteiger partial charge < -0.3 is 5.73 Å². The van der Waals surface area contributed by atoms with Gasteiger partial charge in [0, 0.05) is 11.3 Å². The van der Waals surface area contributed by atoms with E-state index in [9.17, 15) is 9.18 Å². The van der Waals surface area contributed by atoms with Gasteiger partial charge in [0.1, 0.15) is 5.82 Å². The number of halogens is 1. The average molecular weight is 313 g/mol. The Morgan fingerprint density at radius 1 is 0.826 bits per heavy atom. The summed E-state index contributed by atoms with van der Waals surface area (Å²) in [5.74, 6) is -0.777. The summed E-state index contributed by atoms with van der Waals surface area (Å²) in [7, 11) is 0. The van der Waals surface area contributed by atoms with E-state index in [4.69, 9.17) is 5.73 Å². The molecule has 0 bridgehead atoms. The van der Waals surface area contributed by atoms with Gasteiger partial charge in [0.15, 0.2) is 5.78 Å². The molecule has 0 aliphatic carbocycles. The fourth-order valence-electron chi connectivity index (χ4n) is 2.96. The van der Waals surface area contributed by atoms with E-state index in [2.05, 4.69) is 0 Å². The van der Waals surface area contributed by atoms with Crippen molar-refractivity contribution in [1.29, 1.82) is 0 Å². The van der Waals surface area contributed by atoms with Crippen LogP contribution in [-0.4, -0.2) is 5.78 Å². The molecule has 0 aliphatic rings. The Balaban J connectivity index is 2.78. The van der Waals surface area contributed by atoms with Crippen LogP contribution in [-0.2, 0) is 0 Å². The number of benzene rings is 2. The largest absolute Gasteiger partial charge is 0.398 e. The van der Waals surface area contributed by atoms with Crippen molar-refractivity contribution in [2.24, 2.45) is 0 Å². The minimum Gasteiger partial charge on any atom is -0.398 e. The van der Waals surface area contributed by atoms with E-state index < -0.39 is 5.82 Å². The lowest BCUT2D eigenvalue weighted by Gasteiger charge is -2.18. The summed E-state index contributed by atoms with van der Waals surface area (Å²) in [6, 6.07) is 1.77. The first-order chi connectivity index (χ1) is 10.6. The molecule has 0 fully saturated rings. The lowest BCUT2D eigenvalue weighted by molar-refractivity contribution is 0.103. The highest BCUT2D eigenvalue weighted by molar-refractivity contribution is 6.14. The van der Waals surface area contributed by atoms with Crippen LogP contribution in [0.25, 0.3) is 0 Å². The van der Waals surface area contributed by atoms with Gasteiger partial charge in [-0.3, -0.25) is 4.79 Å². The van der Waals surface area contributed by atoms with Crippen molar-refractivity contribution < 1.29 is 9.18 Å². The summed E-state index contributed by atoms with van der Waals surface area (Å²) in [5, 5.41) is 0. The number of carbonyl (C=O) groups is 1. The summed E-state index contributed by atoms with van der Waals surface area (Å²) < 4.78 is 14.8. The molecule has 0 amide bonds. The SMILES string of the molecule is Cc1cc(C(=O)c2c(C)c(C)c(C)c(C)c2F)c(N)c(C)c1C. The Hall–Kier alpha value is -2.16. The standard InChI is InChI=1S/C20H24FNO/c1-9-8-16(19(22)15(7)10(9)2)20(23)17-13(5)11(3)12(4)14(6)18(17)21/h8H,22H2,1-7H3. The van der Waals surface area contributed by atoms with E-state index in [1.54, 1.807) is 19.9 Å². The number of ketones is 1. The molecule has 0 aliphatic heterocycles. The van der Waals surface area contributed by atoms with Crippen molar-refractivity contribution in [3.63, 3.8) is 0 Å². The first kappa shape index (κ1) is 17.2. The van der Waals surface area contributed by atoms with Crippen molar-refractivity contribution in [3.8, 4) is 0 Å². The van der Waals surface area contributed by atoms with E-state index in [1.807, 2.05) is 34.6 Å². The minimum absolute atomic E-state index is 0.139. The number of carbonyl (C=O) groups excluding carboxylic acids is 1. The van der Waals surface area contributed by atoms with Crippen LogP contribution in [0.1, 0.15) is 54.9 Å².